The first-order valence-corrected chi connectivity index (χ1v) is 8.88. The molecule has 0 aromatic carbocycles. The van der Waals surface area contributed by atoms with Crippen LogP contribution in [0, 0.1) is 5.41 Å². The Hall–Kier alpha value is -0.620. The zero-order valence-electron chi connectivity index (χ0n) is 11.5. The van der Waals surface area contributed by atoms with Gasteiger partial charge in [0.25, 0.3) is 0 Å². The Labute approximate surface area is 114 Å². The van der Waals surface area contributed by atoms with Gasteiger partial charge >= 0.3 is 5.97 Å². The maximum atomic E-state index is 11.7. The summed E-state index contributed by atoms with van der Waals surface area (Å²) in [6.07, 6.45) is 3.58. The standard InChI is InChI=1S/C13H23NO4S/c1-2-13(12(15)16)5-7-14(8-6-13)11-4-3-9-19(17,18)10-11/h11H,2-10H2,1H3,(H,15,16). The van der Waals surface area contributed by atoms with Gasteiger partial charge in [0.05, 0.1) is 16.9 Å². The smallest absolute Gasteiger partial charge is 0.309 e. The van der Waals surface area contributed by atoms with Crippen molar-refractivity contribution in [3.8, 4) is 0 Å². The summed E-state index contributed by atoms with van der Waals surface area (Å²) in [6.45, 7) is 3.34. The van der Waals surface area contributed by atoms with Crippen LogP contribution < -0.4 is 0 Å². The highest BCUT2D eigenvalue weighted by molar-refractivity contribution is 7.91. The predicted molar refractivity (Wildman–Crippen MR) is 72.8 cm³/mol. The zero-order chi connectivity index (χ0) is 14.1. The minimum absolute atomic E-state index is 0.0994. The number of carboxylic acids is 1. The third-order valence-electron chi connectivity index (χ3n) is 4.84. The maximum absolute atomic E-state index is 11.7. The van der Waals surface area contributed by atoms with Crippen LogP contribution in [0.1, 0.15) is 39.0 Å². The Balaban J connectivity index is 1.98. The molecule has 1 unspecified atom stereocenters. The van der Waals surface area contributed by atoms with Crippen LogP contribution in [-0.4, -0.2) is 55.0 Å². The molecule has 0 amide bonds. The van der Waals surface area contributed by atoms with Gasteiger partial charge in [-0.2, -0.15) is 0 Å². The Kier molecular flexibility index (Phi) is 4.20. The van der Waals surface area contributed by atoms with Crippen molar-refractivity contribution in [2.75, 3.05) is 24.6 Å². The molecule has 0 aromatic heterocycles. The number of hydrogen-bond donors (Lipinski definition) is 1. The molecule has 0 aromatic rings. The molecule has 110 valence electrons. The third kappa shape index (κ3) is 3.11. The number of rotatable bonds is 3. The Morgan fingerprint density at radius 1 is 1.37 bits per heavy atom. The van der Waals surface area contributed by atoms with Gasteiger partial charge in [0.1, 0.15) is 0 Å². The monoisotopic (exact) mass is 289 g/mol. The second kappa shape index (κ2) is 5.40. The largest absolute Gasteiger partial charge is 0.481 e. The topological polar surface area (TPSA) is 74.7 Å². The molecule has 0 bridgehead atoms. The van der Waals surface area contributed by atoms with Gasteiger partial charge in [-0.15, -0.1) is 0 Å². The van der Waals surface area contributed by atoms with E-state index in [4.69, 9.17) is 0 Å². The minimum atomic E-state index is -2.89. The van der Waals surface area contributed by atoms with Crippen LogP contribution in [0.25, 0.3) is 0 Å². The van der Waals surface area contributed by atoms with E-state index in [1.807, 2.05) is 6.92 Å². The van der Waals surface area contributed by atoms with Crippen LogP contribution in [0.4, 0.5) is 0 Å². The second-order valence-corrected chi connectivity index (χ2v) is 8.11. The van der Waals surface area contributed by atoms with E-state index in [0.717, 1.165) is 12.8 Å². The van der Waals surface area contributed by atoms with E-state index in [-0.39, 0.29) is 11.8 Å². The molecule has 2 aliphatic rings. The second-order valence-electron chi connectivity index (χ2n) is 5.89. The molecule has 0 spiro atoms. The van der Waals surface area contributed by atoms with E-state index in [2.05, 4.69) is 4.90 Å². The van der Waals surface area contributed by atoms with Gasteiger partial charge in [-0.3, -0.25) is 9.69 Å². The lowest BCUT2D eigenvalue weighted by atomic mass is 9.76. The highest BCUT2D eigenvalue weighted by Gasteiger charge is 2.42. The van der Waals surface area contributed by atoms with Crippen LogP contribution in [0.5, 0.6) is 0 Å². The van der Waals surface area contributed by atoms with Crippen molar-refractivity contribution >= 4 is 15.8 Å². The summed E-state index contributed by atoms with van der Waals surface area (Å²) in [5.41, 5.74) is -0.593. The minimum Gasteiger partial charge on any atom is -0.481 e. The number of carbonyl (C=O) groups is 1. The van der Waals surface area contributed by atoms with Crippen LogP contribution in [-0.2, 0) is 14.6 Å². The number of sulfone groups is 1. The number of likely N-dealkylation sites (tertiary alicyclic amines) is 1. The molecule has 19 heavy (non-hydrogen) atoms. The fourth-order valence-electron chi connectivity index (χ4n) is 3.32. The van der Waals surface area contributed by atoms with Gasteiger partial charge in [-0.05, 0) is 45.2 Å². The fourth-order valence-corrected chi connectivity index (χ4v) is 5.06. The van der Waals surface area contributed by atoms with E-state index in [1.54, 1.807) is 0 Å². The molecule has 2 saturated heterocycles. The van der Waals surface area contributed by atoms with E-state index in [0.29, 0.717) is 38.1 Å². The summed E-state index contributed by atoms with van der Waals surface area (Å²) in [5, 5.41) is 9.35. The molecule has 2 fully saturated rings. The van der Waals surface area contributed by atoms with Gasteiger partial charge in [-0.25, -0.2) is 8.42 Å². The Morgan fingerprint density at radius 3 is 2.47 bits per heavy atom. The highest BCUT2D eigenvalue weighted by Crippen LogP contribution is 2.36. The van der Waals surface area contributed by atoms with Crippen molar-refractivity contribution in [2.45, 2.75) is 45.1 Å². The fraction of sp³-hybridized carbons (Fsp3) is 0.923. The molecular formula is C13H23NO4S. The average Bonchev–Trinajstić information content (AvgIpc) is 2.37. The van der Waals surface area contributed by atoms with Gasteiger partial charge in [0.15, 0.2) is 9.84 Å². The summed E-state index contributed by atoms with van der Waals surface area (Å²) in [5.74, 6) is -0.143. The van der Waals surface area contributed by atoms with Gasteiger partial charge in [0.2, 0.25) is 0 Å². The van der Waals surface area contributed by atoms with Crippen LogP contribution in [0.15, 0.2) is 0 Å². The third-order valence-corrected chi connectivity index (χ3v) is 6.64. The van der Waals surface area contributed by atoms with Gasteiger partial charge in [0, 0.05) is 6.04 Å². The normalized spacial score (nSPS) is 30.9. The first-order chi connectivity index (χ1) is 8.88. The summed E-state index contributed by atoms with van der Waals surface area (Å²) < 4.78 is 23.3. The molecule has 0 aliphatic carbocycles. The molecule has 1 atom stereocenters. The number of aliphatic carboxylic acids is 1. The van der Waals surface area contributed by atoms with Crippen molar-refractivity contribution < 1.29 is 18.3 Å². The number of hydrogen-bond acceptors (Lipinski definition) is 4. The predicted octanol–water partition coefficient (Wildman–Crippen LogP) is 1.14. The highest BCUT2D eigenvalue weighted by atomic mass is 32.2. The Morgan fingerprint density at radius 2 is 2.00 bits per heavy atom. The lowest BCUT2D eigenvalue weighted by Gasteiger charge is -2.42. The number of carboxylic acid groups (broad SMARTS) is 1. The molecule has 5 nitrogen and oxygen atoms in total. The molecule has 0 radical (unpaired) electrons. The van der Waals surface area contributed by atoms with Crippen LogP contribution >= 0.6 is 0 Å². The summed E-state index contributed by atoms with van der Waals surface area (Å²) in [7, 11) is -2.89. The quantitative estimate of drug-likeness (QED) is 0.843. The van der Waals surface area contributed by atoms with Crippen molar-refractivity contribution in [3.63, 3.8) is 0 Å². The first-order valence-electron chi connectivity index (χ1n) is 7.06. The van der Waals surface area contributed by atoms with Crippen molar-refractivity contribution in [1.82, 2.24) is 4.90 Å². The summed E-state index contributed by atoms with van der Waals surface area (Å²) in [4.78, 5) is 13.6. The molecule has 1 N–H and O–H groups in total. The number of nitrogens with zero attached hydrogens (tertiary/aromatic N) is 1. The SMILES string of the molecule is CCC1(C(=O)O)CCN(C2CCCS(=O)(=O)C2)CC1. The zero-order valence-corrected chi connectivity index (χ0v) is 12.3. The number of piperidine rings is 1. The summed E-state index contributed by atoms with van der Waals surface area (Å²) >= 11 is 0. The first kappa shape index (κ1) is 14.8. The van der Waals surface area contributed by atoms with E-state index < -0.39 is 21.2 Å². The van der Waals surface area contributed by atoms with E-state index in [1.165, 1.54) is 0 Å². The van der Waals surface area contributed by atoms with E-state index >= 15 is 0 Å². The molecule has 6 heteroatoms. The molecule has 2 heterocycles. The van der Waals surface area contributed by atoms with Crippen molar-refractivity contribution in [2.24, 2.45) is 5.41 Å². The van der Waals surface area contributed by atoms with Crippen molar-refractivity contribution in [1.29, 1.82) is 0 Å². The molecule has 0 saturated carbocycles. The Bertz CT molecular complexity index is 438. The van der Waals surface area contributed by atoms with Crippen molar-refractivity contribution in [3.05, 3.63) is 0 Å². The van der Waals surface area contributed by atoms with Crippen LogP contribution in [0.2, 0.25) is 0 Å². The van der Waals surface area contributed by atoms with Gasteiger partial charge in [-0.1, -0.05) is 6.92 Å². The van der Waals surface area contributed by atoms with Gasteiger partial charge < -0.3 is 5.11 Å². The lowest BCUT2D eigenvalue weighted by Crippen LogP contribution is -2.51. The average molecular weight is 289 g/mol. The van der Waals surface area contributed by atoms with Crippen LogP contribution in [0.3, 0.4) is 0 Å². The molecule has 2 aliphatic heterocycles. The molecular weight excluding hydrogens is 266 g/mol. The molecule has 2 rings (SSSR count). The maximum Gasteiger partial charge on any atom is 0.309 e. The summed E-state index contributed by atoms with van der Waals surface area (Å²) in [6, 6.07) is 0.0994. The lowest BCUT2D eigenvalue weighted by molar-refractivity contribution is -0.152. The van der Waals surface area contributed by atoms with E-state index in [9.17, 15) is 18.3 Å².